The standard InChI is InChI=1S/C81H158O17P2/c1-7-9-11-13-15-17-19-21-27-35-41-47-53-59-65-80(85)97-76(69-91-78(83)63-57-51-45-39-33-20-18-16-14-12-10-8-2)71-95-99(87,88)93-67-75(82)68-94-100(89,90)96-72-77(70-92-79(84)64-58-52-46-40-34-30-29-32-38-44-50-56-62-74(5)6)98-81(86)66-60-54-48-42-36-28-25-23-22-24-26-31-37-43-49-55-61-73(3)4/h73-77,82H,7-72H2,1-6H3,(H,87,88)(H,89,90)/t75-,76+,77+/m0/s1. The Kier molecular flexibility index (Phi) is 71.2. The lowest BCUT2D eigenvalue weighted by Gasteiger charge is -2.21. The highest BCUT2D eigenvalue weighted by atomic mass is 31.2. The van der Waals surface area contributed by atoms with Gasteiger partial charge in [0.05, 0.1) is 26.4 Å². The van der Waals surface area contributed by atoms with Gasteiger partial charge in [-0.05, 0) is 37.5 Å². The van der Waals surface area contributed by atoms with Crippen LogP contribution in [0.25, 0.3) is 0 Å². The van der Waals surface area contributed by atoms with Crippen LogP contribution in [0.4, 0.5) is 0 Å². The molecule has 0 aliphatic carbocycles. The summed E-state index contributed by atoms with van der Waals surface area (Å²) in [4.78, 5) is 73.1. The molecule has 0 aromatic carbocycles. The van der Waals surface area contributed by atoms with Crippen LogP contribution in [-0.4, -0.2) is 96.7 Å². The predicted octanol–water partition coefficient (Wildman–Crippen LogP) is 24.3. The van der Waals surface area contributed by atoms with Gasteiger partial charge in [-0.3, -0.25) is 37.3 Å². The number of esters is 4. The molecular formula is C81H158O17P2. The van der Waals surface area contributed by atoms with E-state index in [2.05, 4.69) is 41.5 Å². The highest BCUT2D eigenvalue weighted by molar-refractivity contribution is 7.47. The molecule has 5 atom stereocenters. The maximum Gasteiger partial charge on any atom is 0.472 e. The van der Waals surface area contributed by atoms with Crippen LogP contribution in [0.15, 0.2) is 0 Å². The van der Waals surface area contributed by atoms with Gasteiger partial charge in [-0.1, -0.05) is 375 Å². The number of unbranched alkanes of at least 4 members (excludes halogenated alkanes) is 50. The lowest BCUT2D eigenvalue weighted by molar-refractivity contribution is -0.161. The molecule has 2 unspecified atom stereocenters. The Bertz CT molecular complexity index is 1920. The van der Waals surface area contributed by atoms with Gasteiger partial charge in [-0.25, -0.2) is 9.13 Å². The van der Waals surface area contributed by atoms with E-state index in [0.29, 0.717) is 25.7 Å². The molecule has 0 radical (unpaired) electrons. The Morgan fingerprint density at radius 1 is 0.270 bits per heavy atom. The number of carbonyl (C=O) groups is 4. The van der Waals surface area contributed by atoms with Crippen molar-refractivity contribution in [2.75, 3.05) is 39.6 Å². The minimum Gasteiger partial charge on any atom is -0.462 e. The molecule has 0 aliphatic heterocycles. The average Bonchev–Trinajstić information content (AvgIpc) is 1.20. The third-order valence-electron chi connectivity index (χ3n) is 19.0. The fourth-order valence-electron chi connectivity index (χ4n) is 12.5. The summed E-state index contributed by atoms with van der Waals surface area (Å²) in [6, 6.07) is 0. The third-order valence-corrected chi connectivity index (χ3v) is 20.9. The maximum atomic E-state index is 13.1. The van der Waals surface area contributed by atoms with Crippen molar-refractivity contribution in [3.63, 3.8) is 0 Å². The smallest absolute Gasteiger partial charge is 0.462 e. The van der Waals surface area contributed by atoms with Crippen molar-refractivity contribution < 1.29 is 80.2 Å². The molecule has 0 rings (SSSR count). The van der Waals surface area contributed by atoms with Crippen LogP contribution in [0.2, 0.25) is 0 Å². The molecule has 17 nitrogen and oxygen atoms in total. The van der Waals surface area contributed by atoms with Crippen molar-refractivity contribution >= 4 is 39.5 Å². The number of ether oxygens (including phenoxy) is 4. The minimum atomic E-state index is -4.96. The summed E-state index contributed by atoms with van der Waals surface area (Å²) in [6.07, 6.45) is 62.2. The molecule has 0 saturated carbocycles. The van der Waals surface area contributed by atoms with Crippen LogP contribution in [0, 0.1) is 11.8 Å². The lowest BCUT2D eigenvalue weighted by atomic mass is 10.0. The van der Waals surface area contributed by atoms with Gasteiger partial charge in [0.2, 0.25) is 0 Å². The monoisotopic (exact) mass is 1470 g/mol. The van der Waals surface area contributed by atoms with Crippen LogP contribution in [0.1, 0.15) is 427 Å². The molecule has 0 aromatic rings. The van der Waals surface area contributed by atoms with Crippen LogP contribution in [0.5, 0.6) is 0 Å². The highest BCUT2D eigenvalue weighted by Crippen LogP contribution is 2.45. The summed E-state index contributed by atoms with van der Waals surface area (Å²) >= 11 is 0. The number of hydrogen-bond acceptors (Lipinski definition) is 15. The van der Waals surface area contributed by atoms with E-state index < -0.39 is 97.5 Å². The first-order valence-electron chi connectivity index (χ1n) is 42.0. The number of phosphoric acid groups is 2. The van der Waals surface area contributed by atoms with Crippen LogP contribution in [-0.2, 0) is 65.4 Å². The number of aliphatic hydroxyl groups excluding tert-OH is 1. The number of carbonyl (C=O) groups excluding carboxylic acids is 4. The first-order valence-corrected chi connectivity index (χ1v) is 45.0. The zero-order valence-electron chi connectivity index (χ0n) is 65.5. The van der Waals surface area contributed by atoms with Gasteiger partial charge in [0.1, 0.15) is 19.3 Å². The van der Waals surface area contributed by atoms with E-state index in [0.717, 1.165) is 102 Å². The van der Waals surface area contributed by atoms with Gasteiger partial charge in [-0.2, -0.15) is 0 Å². The number of aliphatic hydroxyl groups is 1. The second kappa shape index (κ2) is 72.6. The van der Waals surface area contributed by atoms with Crippen LogP contribution in [0.3, 0.4) is 0 Å². The molecule has 0 saturated heterocycles. The van der Waals surface area contributed by atoms with Crippen molar-refractivity contribution in [3.05, 3.63) is 0 Å². The van der Waals surface area contributed by atoms with Gasteiger partial charge in [0, 0.05) is 25.7 Å². The molecule has 0 spiro atoms. The maximum absolute atomic E-state index is 13.1. The minimum absolute atomic E-state index is 0.108. The number of hydrogen-bond donors (Lipinski definition) is 3. The molecule has 100 heavy (non-hydrogen) atoms. The van der Waals surface area contributed by atoms with Gasteiger partial charge in [0.25, 0.3) is 0 Å². The molecule has 0 fully saturated rings. The Balaban J connectivity index is 5.25. The second-order valence-corrected chi connectivity index (χ2v) is 33.0. The normalized spacial score (nSPS) is 13.9. The highest BCUT2D eigenvalue weighted by Gasteiger charge is 2.30. The Morgan fingerprint density at radius 3 is 0.680 bits per heavy atom. The van der Waals surface area contributed by atoms with E-state index in [1.165, 1.54) is 244 Å². The first-order chi connectivity index (χ1) is 48.4. The Morgan fingerprint density at radius 2 is 0.460 bits per heavy atom. The largest absolute Gasteiger partial charge is 0.472 e. The fourth-order valence-corrected chi connectivity index (χ4v) is 14.1. The summed E-state index contributed by atoms with van der Waals surface area (Å²) in [5, 5.41) is 10.6. The summed E-state index contributed by atoms with van der Waals surface area (Å²) in [7, 11) is -9.92. The van der Waals surface area contributed by atoms with Crippen molar-refractivity contribution in [1.29, 1.82) is 0 Å². The fraction of sp³-hybridized carbons (Fsp3) is 0.951. The summed E-state index contributed by atoms with van der Waals surface area (Å²) < 4.78 is 68.7. The predicted molar refractivity (Wildman–Crippen MR) is 409 cm³/mol. The molecule has 19 heteroatoms. The molecule has 0 aliphatic rings. The van der Waals surface area contributed by atoms with E-state index in [1.54, 1.807) is 0 Å². The Hall–Kier alpha value is -1.94. The summed E-state index contributed by atoms with van der Waals surface area (Å²) in [6.45, 7) is 9.69. The summed E-state index contributed by atoms with van der Waals surface area (Å²) in [5.41, 5.74) is 0. The van der Waals surface area contributed by atoms with Crippen molar-refractivity contribution in [1.82, 2.24) is 0 Å². The van der Waals surface area contributed by atoms with E-state index in [4.69, 9.17) is 37.0 Å². The van der Waals surface area contributed by atoms with Crippen molar-refractivity contribution in [2.24, 2.45) is 11.8 Å². The van der Waals surface area contributed by atoms with E-state index in [1.807, 2.05) is 0 Å². The number of phosphoric ester groups is 2. The molecule has 0 bridgehead atoms. The zero-order valence-corrected chi connectivity index (χ0v) is 67.3. The molecule has 0 amide bonds. The van der Waals surface area contributed by atoms with E-state index >= 15 is 0 Å². The first kappa shape index (κ1) is 98.1. The molecular weight excluding hydrogens is 1310 g/mol. The average molecular weight is 1470 g/mol. The Labute approximate surface area is 613 Å². The van der Waals surface area contributed by atoms with E-state index in [-0.39, 0.29) is 25.7 Å². The second-order valence-electron chi connectivity index (χ2n) is 30.1. The molecule has 3 N–H and O–H groups in total. The van der Waals surface area contributed by atoms with Crippen molar-refractivity contribution in [2.45, 2.75) is 445 Å². The van der Waals surface area contributed by atoms with Crippen LogP contribution >= 0.6 is 15.6 Å². The summed E-state index contributed by atoms with van der Waals surface area (Å²) in [5.74, 6) is -0.514. The number of rotatable bonds is 80. The zero-order chi connectivity index (χ0) is 73.5. The van der Waals surface area contributed by atoms with Gasteiger partial charge in [0.15, 0.2) is 12.2 Å². The van der Waals surface area contributed by atoms with Crippen LogP contribution < -0.4 is 0 Å². The topological polar surface area (TPSA) is 237 Å². The molecule has 594 valence electrons. The molecule has 0 heterocycles. The lowest BCUT2D eigenvalue weighted by Crippen LogP contribution is -2.30. The van der Waals surface area contributed by atoms with Gasteiger partial charge >= 0.3 is 39.5 Å². The molecule has 0 aromatic heterocycles. The third kappa shape index (κ3) is 74.3. The van der Waals surface area contributed by atoms with E-state index in [9.17, 15) is 43.2 Å². The van der Waals surface area contributed by atoms with Crippen molar-refractivity contribution in [3.8, 4) is 0 Å². The van der Waals surface area contributed by atoms with Gasteiger partial charge in [-0.15, -0.1) is 0 Å². The SMILES string of the molecule is CCCCCCCCCCCCCCCCC(=O)O[C@H](COC(=O)CCCCCCCCCCCCCC)COP(=O)(O)OC[C@H](O)COP(=O)(O)OC[C@@H](COC(=O)CCCCCCCCCCCCCCC(C)C)OC(=O)CCCCCCCCCCCCCCCCCCC(C)C. The quantitative estimate of drug-likeness (QED) is 0.0222. The van der Waals surface area contributed by atoms with Gasteiger partial charge < -0.3 is 33.8 Å².